The first kappa shape index (κ1) is 35.7. The fourth-order valence-corrected chi connectivity index (χ4v) is 7.12. The number of aliphatic hydroxyl groups is 2. The van der Waals surface area contributed by atoms with Crippen molar-refractivity contribution in [2.75, 3.05) is 0 Å². The van der Waals surface area contributed by atoms with E-state index in [2.05, 4.69) is 97.9 Å². The summed E-state index contributed by atoms with van der Waals surface area (Å²) in [7, 11) is 0. The molecule has 2 saturated carbocycles. The Kier molecular flexibility index (Phi) is 11.1. The van der Waals surface area contributed by atoms with Gasteiger partial charge in [0.15, 0.2) is 5.78 Å². The van der Waals surface area contributed by atoms with E-state index < -0.39 is 11.5 Å². The van der Waals surface area contributed by atoms with E-state index >= 15 is 0 Å². The summed E-state index contributed by atoms with van der Waals surface area (Å²) >= 11 is 0. The maximum absolute atomic E-state index is 12.9. The van der Waals surface area contributed by atoms with Gasteiger partial charge >= 0.3 is 0 Å². The number of fused-ring (bicyclic) bond motifs is 1. The highest BCUT2D eigenvalue weighted by Gasteiger charge is 2.74. The topological polar surface area (TPSA) is 70.1 Å². The van der Waals surface area contributed by atoms with Crippen molar-refractivity contribution in [3.05, 3.63) is 107 Å². The molecule has 0 aromatic carbocycles. The van der Waals surface area contributed by atoms with E-state index in [0.29, 0.717) is 19.3 Å². The number of ketones is 1. The molecule has 5 unspecified atom stereocenters. The summed E-state index contributed by atoms with van der Waals surface area (Å²) < 4.78 is 6.24. The summed E-state index contributed by atoms with van der Waals surface area (Å²) in [6.07, 6.45) is 30.3. The highest BCUT2D eigenvalue weighted by molar-refractivity contribution is 5.95. The molecule has 240 valence electrons. The molecule has 0 radical (unpaired) electrons. The van der Waals surface area contributed by atoms with E-state index in [1.54, 1.807) is 6.08 Å². The number of aliphatic hydroxyl groups excluding tert-OH is 2. The molecule has 3 rings (SSSR count). The number of ether oxygens (including phenoxy) is 1. The van der Waals surface area contributed by atoms with Crippen molar-refractivity contribution in [3.8, 4) is 0 Å². The van der Waals surface area contributed by atoms with E-state index in [1.807, 2.05) is 50.3 Å². The minimum absolute atomic E-state index is 0.0831. The Labute approximate surface area is 267 Å². The largest absolute Gasteiger partial charge is 0.393 e. The van der Waals surface area contributed by atoms with Crippen LogP contribution in [-0.4, -0.2) is 39.4 Å². The Morgan fingerprint density at radius 2 is 1.05 bits per heavy atom. The molecule has 1 heterocycles. The highest BCUT2D eigenvalue weighted by atomic mass is 16.6. The first-order valence-corrected chi connectivity index (χ1v) is 16.1. The summed E-state index contributed by atoms with van der Waals surface area (Å²) in [5, 5.41) is 20.4. The molecule has 5 atom stereocenters. The maximum atomic E-state index is 12.9. The third-order valence-corrected chi connectivity index (χ3v) is 10.3. The molecular weight excluding hydrogens is 544 g/mol. The molecule has 0 aromatic heterocycles. The van der Waals surface area contributed by atoms with Crippen LogP contribution < -0.4 is 0 Å². The van der Waals surface area contributed by atoms with Gasteiger partial charge in [-0.15, -0.1) is 0 Å². The average Bonchev–Trinajstić information content (AvgIpc) is 3.46. The SMILES string of the molecule is CC(=C/C=C/C(C)=C/C=C/C=C(C)/C=C/C=C(C)/C=C/C(=O)C1(C)CC(O)CC1(C)C)/C=C/C12OC1(C)CC(O)CC2(C)C. The lowest BCUT2D eigenvalue weighted by molar-refractivity contribution is -0.127. The minimum Gasteiger partial charge on any atom is -0.393 e. The second-order valence-corrected chi connectivity index (χ2v) is 15.1. The lowest BCUT2D eigenvalue weighted by Crippen LogP contribution is -2.46. The van der Waals surface area contributed by atoms with Gasteiger partial charge in [-0.1, -0.05) is 130 Å². The van der Waals surface area contributed by atoms with Gasteiger partial charge in [-0.2, -0.15) is 0 Å². The van der Waals surface area contributed by atoms with E-state index in [-0.39, 0.29) is 33.9 Å². The second kappa shape index (κ2) is 13.7. The van der Waals surface area contributed by atoms with Gasteiger partial charge < -0.3 is 14.9 Å². The molecule has 2 aliphatic carbocycles. The predicted molar refractivity (Wildman–Crippen MR) is 184 cm³/mol. The van der Waals surface area contributed by atoms with Crippen LogP contribution in [0.3, 0.4) is 0 Å². The number of carbonyl (C=O) groups is 1. The fraction of sp³-hybridized carbons (Fsp3) is 0.525. The molecular formula is C40H56O4. The lowest BCUT2D eigenvalue weighted by atomic mass is 9.63. The van der Waals surface area contributed by atoms with Crippen LogP contribution in [0.15, 0.2) is 107 Å². The zero-order valence-corrected chi connectivity index (χ0v) is 28.8. The van der Waals surface area contributed by atoms with E-state index in [0.717, 1.165) is 28.7 Å². The van der Waals surface area contributed by atoms with Gasteiger partial charge in [-0.05, 0) is 71.4 Å². The molecule has 0 bridgehead atoms. The number of carbonyl (C=O) groups excluding carboxylic acids is 1. The minimum atomic E-state index is -0.534. The van der Waals surface area contributed by atoms with Crippen LogP contribution in [0.2, 0.25) is 0 Å². The Balaban J connectivity index is 1.48. The van der Waals surface area contributed by atoms with Crippen molar-refractivity contribution in [1.29, 1.82) is 0 Å². The molecule has 0 amide bonds. The van der Waals surface area contributed by atoms with Gasteiger partial charge in [0.25, 0.3) is 0 Å². The van der Waals surface area contributed by atoms with E-state index in [4.69, 9.17) is 4.74 Å². The highest BCUT2D eigenvalue weighted by Crippen LogP contribution is 2.66. The van der Waals surface area contributed by atoms with Crippen molar-refractivity contribution in [3.63, 3.8) is 0 Å². The van der Waals surface area contributed by atoms with Crippen LogP contribution >= 0.6 is 0 Å². The Morgan fingerprint density at radius 3 is 1.55 bits per heavy atom. The second-order valence-electron chi connectivity index (χ2n) is 15.1. The van der Waals surface area contributed by atoms with Crippen molar-refractivity contribution < 1.29 is 19.7 Å². The van der Waals surface area contributed by atoms with Crippen molar-refractivity contribution in [1.82, 2.24) is 0 Å². The normalized spacial score (nSPS) is 34.7. The summed E-state index contributed by atoms with van der Waals surface area (Å²) in [5.41, 5.74) is 2.99. The molecule has 1 aliphatic heterocycles. The lowest BCUT2D eigenvalue weighted by Gasteiger charge is -2.39. The van der Waals surface area contributed by atoms with Gasteiger partial charge in [-0.3, -0.25) is 4.79 Å². The average molecular weight is 601 g/mol. The van der Waals surface area contributed by atoms with Crippen LogP contribution in [0.4, 0.5) is 0 Å². The molecule has 44 heavy (non-hydrogen) atoms. The van der Waals surface area contributed by atoms with E-state index in [1.165, 1.54) is 0 Å². The van der Waals surface area contributed by atoms with Gasteiger partial charge in [0, 0.05) is 17.3 Å². The van der Waals surface area contributed by atoms with Crippen LogP contribution in [-0.2, 0) is 9.53 Å². The van der Waals surface area contributed by atoms with Crippen LogP contribution in [0.5, 0.6) is 0 Å². The predicted octanol–water partition coefficient (Wildman–Crippen LogP) is 9.02. The zero-order valence-electron chi connectivity index (χ0n) is 28.8. The summed E-state index contributed by atoms with van der Waals surface area (Å²) in [6.45, 7) is 20.8. The molecule has 3 aliphatic rings. The van der Waals surface area contributed by atoms with Crippen LogP contribution in [0, 0.1) is 16.2 Å². The Hall–Kier alpha value is -2.79. The third-order valence-electron chi connectivity index (χ3n) is 10.3. The standard InChI is InChI=1S/C40H56O4/c1-29(17-13-19-31(3)21-22-35(43)38(9)27-33(41)25-36(38,5)6)15-11-12-16-30(2)18-14-20-32(4)23-24-40-37(7,8)26-34(42)28-39(40,10)44-40/h11-24,33-34,41-42H,25-28H2,1-10H3/b12-11+,17-13+,18-14+,22-21+,24-23+,29-15+,30-16+,31-19+,32-20-. The summed E-state index contributed by atoms with van der Waals surface area (Å²) in [5.74, 6) is 0.0831. The first-order valence-electron chi connectivity index (χ1n) is 16.1. The number of rotatable bonds is 11. The Bertz CT molecular complexity index is 1360. The monoisotopic (exact) mass is 600 g/mol. The molecule has 1 saturated heterocycles. The van der Waals surface area contributed by atoms with Crippen LogP contribution in [0.1, 0.15) is 94.9 Å². The molecule has 3 fully saturated rings. The van der Waals surface area contributed by atoms with Gasteiger partial charge in [-0.25, -0.2) is 0 Å². The molecule has 0 aromatic rings. The third kappa shape index (κ3) is 8.07. The maximum Gasteiger partial charge on any atom is 0.162 e. The number of hydrogen-bond donors (Lipinski definition) is 2. The quantitative estimate of drug-likeness (QED) is 0.141. The van der Waals surface area contributed by atoms with Gasteiger partial charge in [0.05, 0.1) is 12.2 Å². The van der Waals surface area contributed by atoms with Crippen LogP contribution in [0.25, 0.3) is 0 Å². The van der Waals surface area contributed by atoms with E-state index in [9.17, 15) is 15.0 Å². The van der Waals surface area contributed by atoms with Crippen molar-refractivity contribution in [2.45, 2.75) is 118 Å². The molecule has 2 N–H and O–H groups in total. The van der Waals surface area contributed by atoms with Crippen molar-refractivity contribution >= 4 is 5.78 Å². The fourth-order valence-electron chi connectivity index (χ4n) is 7.12. The molecule has 0 spiro atoms. The number of epoxide rings is 1. The summed E-state index contributed by atoms with van der Waals surface area (Å²) in [6, 6.07) is 0. The molecule has 4 nitrogen and oxygen atoms in total. The smallest absolute Gasteiger partial charge is 0.162 e. The Morgan fingerprint density at radius 1 is 0.591 bits per heavy atom. The van der Waals surface area contributed by atoms with Gasteiger partial charge in [0.2, 0.25) is 0 Å². The first-order chi connectivity index (χ1) is 20.4. The van der Waals surface area contributed by atoms with Gasteiger partial charge in [0.1, 0.15) is 11.2 Å². The number of allylic oxidation sites excluding steroid dienone is 17. The zero-order chi connectivity index (χ0) is 33.0. The molecule has 4 heteroatoms. The van der Waals surface area contributed by atoms with Crippen molar-refractivity contribution in [2.24, 2.45) is 16.2 Å². The summed E-state index contributed by atoms with van der Waals surface area (Å²) in [4.78, 5) is 12.9. The number of hydrogen-bond acceptors (Lipinski definition) is 4.